The van der Waals surface area contributed by atoms with Crippen LogP contribution in [0.3, 0.4) is 0 Å². The number of rotatable bonds is 2. The topological polar surface area (TPSA) is 36.3 Å². The largest absolute Gasteiger partial charge is 0.458 e. The first-order valence-electron chi connectivity index (χ1n) is 14.4. The highest BCUT2D eigenvalue weighted by Crippen LogP contribution is 2.42. The van der Waals surface area contributed by atoms with Crippen LogP contribution in [0.5, 0.6) is 23.0 Å². The highest BCUT2D eigenvalue weighted by Gasteiger charge is 2.40. The van der Waals surface area contributed by atoms with Gasteiger partial charge in [0.1, 0.15) is 28.8 Å². The molecule has 8 aromatic rings. The number of aromatic nitrogens is 2. The lowest BCUT2D eigenvalue weighted by molar-refractivity contribution is 0.465. The molecule has 0 aliphatic carbocycles. The van der Waals surface area contributed by atoms with Gasteiger partial charge in [0.05, 0.1) is 21.4 Å². The molecule has 2 aliphatic heterocycles. The number of hydrogen-bond donors (Lipinski definition) is 0. The first-order valence-corrected chi connectivity index (χ1v) is 15.2. The second-order valence-electron chi connectivity index (χ2n) is 11.1. The van der Waals surface area contributed by atoms with Crippen LogP contribution >= 0.6 is 11.3 Å². The first-order chi connectivity index (χ1) is 21.3. The molecule has 0 bridgehead atoms. The number of thiophene rings is 1. The summed E-state index contributed by atoms with van der Waals surface area (Å²) in [6.45, 7) is 0.0417. The van der Waals surface area contributed by atoms with E-state index in [1.807, 2.05) is 29.5 Å². The molecule has 0 saturated carbocycles. The zero-order valence-corrected chi connectivity index (χ0v) is 23.6. The molecule has 0 spiro atoms. The molecule has 4 nitrogen and oxygen atoms in total. The average Bonchev–Trinajstić information content (AvgIpc) is 3.63. The van der Waals surface area contributed by atoms with Crippen molar-refractivity contribution in [3.63, 3.8) is 0 Å². The Kier molecular flexibility index (Phi) is 4.65. The van der Waals surface area contributed by atoms with Gasteiger partial charge in [0, 0.05) is 26.5 Å². The van der Waals surface area contributed by atoms with E-state index in [2.05, 4.69) is 114 Å². The van der Waals surface area contributed by atoms with Gasteiger partial charge in [-0.25, -0.2) is 4.98 Å². The van der Waals surface area contributed by atoms with Crippen LogP contribution in [0, 0.1) is 0 Å². The maximum Gasteiger partial charge on any atom is 0.260 e. The molecule has 43 heavy (non-hydrogen) atoms. The van der Waals surface area contributed by atoms with E-state index in [0.717, 1.165) is 67.5 Å². The fraction of sp³-hybridized carbons (Fsp3) is 0. The molecule has 6 heteroatoms. The van der Waals surface area contributed by atoms with Gasteiger partial charge >= 0.3 is 0 Å². The highest BCUT2D eigenvalue weighted by atomic mass is 32.1. The number of benzene rings is 6. The summed E-state index contributed by atoms with van der Waals surface area (Å²) < 4.78 is 18.0. The van der Waals surface area contributed by atoms with Gasteiger partial charge in [-0.2, -0.15) is 0 Å². The van der Waals surface area contributed by atoms with Gasteiger partial charge in [0.2, 0.25) is 0 Å². The summed E-state index contributed by atoms with van der Waals surface area (Å²) in [6.07, 6.45) is 0. The van der Waals surface area contributed by atoms with Crippen molar-refractivity contribution in [3.05, 3.63) is 127 Å². The van der Waals surface area contributed by atoms with Crippen molar-refractivity contribution in [1.82, 2.24) is 9.55 Å². The Balaban J connectivity index is 1.26. The number of imidazole rings is 1. The van der Waals surface area contributed by atoms with E-state index < -0.39 is 0 Å². The van der Waals surface area contributed by atoms with Crippen molar-refractivity contribution in [3.8, 4) is 40.1 Å². The molecule has 0 saturated heterocycles. The number of hydrogen-bond acceptors (Lipinski definition) is 4. The summed E-state index contributed by atoms with van der Waals surface area (Å²) >= 11 is 1.83. The fourth-order valence-electron chi connectivity index (χ4n) is 6.89. The summed E-state index contributed by atoms with van der Waals surface area (Å²) in [5.74, 6) is 4.23. The van der Waals surface area contributed by atoms with E-state index in [1.165, 1.54) is 20.2 Å². The summed E-state index contributed by atoms with van der Waals surface area (Å²) in [5, 5.41) is 2.53. The second-order valence-corrected chi connectivity index (χ2v) is 12.2. The van der Waals surface area contributed by atoms with E-state index in [1.54, 1.807) is 0 Å². The number of ether oxygens (including phenoxy) is 2. The van der Waals surface area contributed by atoms with Crippen molar-refractivity contribution in [2.75, 3.05) is 0 Å². The number of fused-ring (bicyclic) bond motifs is 8. The van der Waals surface area contributed by atoms with Crippen molar-refractivity contribution in [2.45, 2.75) is 0 Å². The van der Waals surface area contributed by atoms with Gasteiger partial charge in [-0.3, -0.25) is 4.57 Å². The van der Waals surface area contributed by atoms with E-state index in [0.29, 0.717) is 0 Å². The number of para-hydroxylation sites is 4. The van der Waals surface area contributed by atoms with Gasteiger partial charge in [-0.1, -0.05) is 78.9 Å². The van der Waals surface area contributed by atoms with Gasteiger partial charge in [0.25, 0.3) is 6.71 Å². The predicted molar refractivity (Wildman–Crippen MR) is 177 cm³/mol. The Bertz CT molecular complexity index is 2370. The summed E-state index contributed by atoms with van der Waals surface area (Å²) in [7, 11) is 0. The van der Waals surface area contributed by atoms with Crippen molar-refractivity contribution >= 4 is 65.6 Å². The Hall–Kier alpha value is -5.33. The lowest BCUT2D eigenvalue weighted by Crippen LogP contribution is -2.57. The molecular weight excluding hydrogens is 547 g/mol. The van der Waals surface area contributed by atoms with Gasteiger partial charge < -0.3 is 9.47 Å². The van der Waals surface area contributed by atoms with Crippen LogP contribution in [-0.4, -0.2) is 16.3 Å². The van der Waals surface area contributed by atoms with E-state index in [4.69, 9.17) is 14.5 Å². The Morgan fingerprint density at radius 2 is 1.26 bits per heavy atom. The minimum absolute atomic E-state index is 0.0417. The zero-order valence-electron chi connectivity index (χ0n) is 22.8. The van der Waals surface area contributed by atoms with Crippen LogP contribution in [0.25, 0.3) is 48.3 Å². The molecule has 2 aliphatic rings. The third kappa shape index (κ3) is 3.24. The van der Waals surface area contributed by atoms with Crippen molar-refractivity contribution < 1.29 is 9.47 Å². The van der Waals surface area contributed by atoms with Crippen LogP contribution in [-0.2, 0) is 0 Å². The molecule has 0 radical (unpaired) electrons. The maximum atomic E-state index is 6.62. The van der Waals surface area contributed by atoms with Crippen LogP contribution in [0.2, 0.25) is 0 Å². The SMILES string of the molecule is c1ccc2c(c1)Oc1cc(-c3nc4ccccc4n3-c3cccc4c3sc3ccccc34)cc3c1B2c1ccccc1O3. The average molecular weight is 568 g/mol. The Labute approximate surface area is 251 Å². The fourth-order valence-corrected chi connectivity index (χ4v) is 8.10. The summed E-state index contributed by atoms with van der Waals surface area (Å²) in [6, 6.07) is 44.5. The monoisotopic (exact) mass is 568 g/mol. The molecule has 2 aromatic heterocycles. The van der Waals surface area contributed by atoms with Gasteiger partial charge in [0.15, 0.2) is 0 Å². The lowest BCUT2D eigenvalue weighted by atomic mass is 9.35. The molecule has 0 atom stereocenters. The molecule has 0 fully saturated rings. The molecular formula is C37H21BN2O2S. The Morgan fingerprint density at radius 3 is 2.05 bits per heavy atom. The zero-order chi connectivity index (χ0) is 28.1. The molecule has 4 heterocycles. The minimum atomic E-state index is 0.0417. The molecule has 0 amide bonds. The standard InChI is InChI=1S/C37H21BN2O2S/c1-8-19-34-23(10-1)24-11-9-16-29(36(24)43-34)40-28-15-5-4-14-27(28)39-37(40)22-20-32-35-33(21-22)42-31-18-7-3-13-26(31)38(35)25-12-2-6-17-30(25)41-32/h1-21H. The quantitative estimate of drug-likeness (QED) is 0.200. The molecule has 0 unspecified atom stereocenters. The molecule has 200 valence electrons. The van der Waals surface area contributed by atoms with E-state index >= 15 is 0 Å². The van der Waals surface area contributed by atoms with Crippen LogP contribution in [0.4, 0.5) is 0 Å². The third-order valence-electron chi connectivity index (χ3n) is 8.74. The maximum absolute atomic E-state index is 6.62. The minimum Gasteiger partial charge on any atom is -0.458 e. The highest BCUT2D eigenvalue weighted by molar-refractivity contribution is 7.26. The molecule has 10 rings (SSSR count). The Morgan fingerprint density at radius 1 is 0.605 bits per heavy atom. The number of nitrogens with zero attached hydrogens (tertiary/aromatic N) is 2. The van der Waals surface area contributed by atoms with E-state index in [-0.39, 0.29) is 6.71 Å². The lowest BCUT2D eigenvalue weighted by Gasteiger charge is -2.33. The van der Waals surface area contributed by atoms with Crippen LogP contribution in [0.15, 0.2) is 127 Å². The third-order valence-corrected chi connectivity index (χ3v) is 9.95. The second kappa shape index (κ2) is 8.60. The predicted octanol–water partition coefficient (Wildman–Crippen LogP) is 7.79. The van der Waals surface area contributed by atoms with Crippen molar-refractivity contribution in [1.29, 1.82) is 0 Å². The van der Waals surface area contributed by atoms with Crippen molar-refractivity contribution in [2.24, 2.45) is 0 Å². The van der Waals surface area contributed by atoms with Crippen LogP contribution in [0.1, 0.15) is 0 Å². The molecule has 6 aromatic carbocycles. The van der Waals surface area contributed by atoms with Gasteiger partial charge in [-0.05, 0) is 59.5 Å². The first kappa shape index (κ1) is 23.3. The molecule has 0 N–H and O–H groups in total. The van der Waals surface area contributed by atoms with Crippen LogP contribution < -0.4 is 25.9 Å². The summed E-state index contributed by atoms with van der Waals surface area (Å²) in [5.41, 5.74) is 7.44. The normalized spacial score (nSPS) is 13.0. The summed E-state index contributed by atoms with van der Waals surface area (Å²) in [4.78, 5) is 5.23. The van der Waals surface area contributed by atoms with E-state index in [9.17, 15) is 0 Å². The smallest absolute Gasteiger partial charge is 0.260 e. The van der Waals surface area contributed by atoms with Gasteiger partial charge in [-0.15, -0.1) is 11.3 Å².